The van der Waals surface area contributed by atoms with Crippen molar-refractivity contribution in [2.24, 2.45) is 0 Å². The summed E-state index contributed by atoms with van der Waals surface area (Å²) < 4.78 is 0. The summed E-state index contributed by atoms with van der Waals surface area (Å²) in [6.07, 6.45) is 3.75. The van der Waals surface area contributed by atoms with E-state index in [0.717, 1.165) is 30.9 Å². The number of nitrogens with zero attached hydrogens (tertiary/aromatic N) is 3. The lowest BCUT2D eigenvalue weighted by Gasteiger charge is -2.27. The highest BCUT2D eigenvalue weighted by atomic mass is 35.5. The monoisotopic (exact) mass is 241 g/mol. The summed E-state index contributed by atoms with van der Waals surface area (Å²) in [4.78, 5) is 10.8. The Kier molecular flexibility index (Phi) is 5.53. The van der Waals surface area contributed by atoms with Crippen LogP contribution in [0.5, 0.6) is 0 Å². The van der Waals surface area contributed by atoms with E-state index in [1.54, 1.807) is 6.33 Å². The topological polar surface area (TPSA) is 29.0 Å². The molecule has 0 bridgehead atoms. The SMILES string of the molecule is CCCc1cc(N(CCCl)C(C)C)ncn1. The van der Waals surface area contributed by atoms with Crippen molar-refractivity contribution in [2.75, 3.05) is 17.3 Å². The van der Waals surface area contributed by atoms with Gasteiger partial charge >= 0.3 is 0 Å². The molecule has 90 valence electrons. The molecule has 0 aliphatic carbocycles. The lowest BCUT2D eigenvalue weighted by atomic mass is 10.2. The highest BCUT2D eigenvalue weighted by Gasteiger charge is 2.11. The zero-order valence-electron chi connectivity index (χ0n) is 10.3. The average molecular weight is 242 g/mol. The minimum absolute atomic E-state index is 0.406. The Balaban J connectivity index is 2.86. The second kappa shape index (κ2) is 6.69. The fourth-order valence-corrected chi connectivity index (χ4v) is 1.85. The van der Waals surface area contributed by atoms with Gasteiger partial charge in [0.2, 0.25) is 0 Å². The summed E-state index contributed by atoms with van der Waals surface area (Å²) in [5.41, 5.74) is 1.10. The van der Waals surface area contributed by atoms with Crippen molar-refractivity contribution < 1.29 is 0 Å². The summed E-state index contributed by atoms with van der Waals surface area (Å²) in [7, 11) is 0. The van der Waals surface area contributed by atoms with Crippen LogP contribution in [0.25, 0.3) is 0 Å². The Bertz CT molecular complexity index is 315. The molecule has 0 N–H and O–H groups in total. The largest absolute Gasteiger partial charge is 0.353 e. The first-order valence-corrected chi connectivity index (χ1v) is 6.36. The summed E-state index contributed by atoms with van der Waals surface area (Å²) in [5.74, 6) is 1.60. The van der Waals surface area contributed by atoms with Crippen LogP contribution in [0.15, 0.2) is 12.4 Å². The fraction of sp³-hybridized carbons (Fsp3) is 0.667. The molecule has 3 nitrogen and oxygen atoms in total. The van der Waals surface area contributed by atoms with Gasteiger partial charge in [0.05, 0.1) is 0 Å². The van der Waals surface area contributed by atoms with Crippen molar-refractivity contribution in [3.05, 3.63) is 18.1 Å². The van der Waals surface area contributed by atoms with Gasteiger partial charge in [0.25, 0.3) is 0 Å². The number of aromatic nitrogens is 2. The second-order valence-electron chi connectivity index (χ2n) is 4.09. The first kappa shape index (κ1) is 13.2. The van der Waals surface area contributed by atoms with Crippen LogP contribution in [0.3, 0.4) is 0 Å². The first-order valence-electron chi connectivity index (χ1n) is 5.82. The molecule has 0 atom stereocenters. The van der Waals surface area contributed by atoms with Gasteiger partial charge in [-0.15, -0.1) is 11.6 Å². The molecule has 0 aromatic carbocycles. The maximum Gasteiger partial charge on any atom is 0.132 e. The molecule has 1 aromatic heterocycles. The van der Waals surface area contributed by atoms with E-state index in [0.29, 0.717) is 11.9 Å². The van der Waals surface area contributed by atoms with Crippen molar-refractivity contribution in [1.82, 2.24) is 9.97 Å². The highest BCUT2D eigenvalue weighted by Crippen LogP contribution is 2.15. The van der Waals surface area contributed by atoms with Gasteiger partial charge in [-0.2, -0.15) is 0 Å². The Morgan fingerprint density at radius 1 is 1.38 bits per heavy atom. The molecule has 4 heteroatoms. The van der Waals surface area contributed by atoms with E-state index in [-0.39, 0.29) is 0 Å². The van der Waals surface area contributed by atoms with Gasteiger partial charge in [-0.05, 0) is 20.3 Å². The van der Waals surface area contributed by atoms with Crippen LogP contribution in [0.2, 0.25) is 0 Å². The predicted molar refractivity (Wildman–Crippen MR) is 69.2 cm³/mol. The van der Waals surface area contributed by atoms with E-state index < -0.39 is 0 Å². The third kappa shape index (κ3) is 3.63. The van der Waals surface area contributed by atoms with Crippen LogP contribution in [0.1, 0.15) is 32.9 Å². The minimum Gasteiger partial charge on any atom is -0.353 e. The van der Waals surface area contributed by atoms with Crippen molar-refractivity contribution in [3.63, 3.8) is 0 Å². The normalized spacial score (nSPS) is 10.8. The Morgan fingerprint density at radius 3 is 2.69 bits per heavy atom. The van der Waals surface area contributed by atoms with Gasteiger partial charge in [0, 0.05) is 30.2 Å². The summed E-state index contributed by atoms with van der Waals surface area (Å²) in [6.45, 7) is 7.27. The van der Waals surface area contributed by atoms with Crippen molar-refractivity contribution in [3.8, 4) is 0 Å². The highest BCUT2D eigenvalue weighted by molar-refractivity contribution is 6.18. The number of hydrogen-bond donors (Lipinski definition) is 0. The van der Waals surface area contributed by atoms with Gasteiger partial charge in [0.1, 0.15) is 12.1 Å². The number of rotatable bonds is 6. The van der Waals surface area contributed by atoms with Gasteiger partial charge in [-0.3, -0.25) is 0 Å². The fourth-order valence-electron chi connectivity index (χ4n) is 1.66. The second-order valence-corrected chi connectivity index (χ2v) is 4.47. The van der Waals surface area contributed by atoms with Crippen LogP contribution in [0.4, 0.5) is 5.82 Å². The van der Waals surface area contributed by atoms with Crippen LogP contribution in [-0.2, 0) is 6.42 Å². The number of hydrogen-bond acceptors (Lipinski definition) is 3. The molecule has 0 saturated carbocycles. The molecule has 0 aliphatic heterocycles. The molecule has 0 fully saturated rings. The van der Waals surface area contributed by atoms with Gasteiger partial charge in [0.15, 0.2) is 0 Å². The molecule has 1 heterocycles. The standard InChI is InChI=1S/C12H20ClN3/c1-4-5-11-8-12(15-9-14-11)16(7-6-13)10(2)3/h8-10H,4-7H2,1-3H3. The summed E-state index contributed by atoms with van der Waals surface area (Å²) in [6, 6.07) is 2.47. The predicted octanol–water partition coefficient (Wildman–Crippen LogP) is 2.88. The quantitative estimate of drug-likeness (QED) is 0.718. The van der Waals surface area contributed by atoms with Gasteiger partial charge < -0.3 is 4.90 Å². The molecule has 1 aromatic rings. The maximum absolute atomic E-state index is 5.81. The van der Waals surface area contributed by atoms with Crippen molar-refractivity contribution in [1.29, 1.82) is 0 Å². The molecule has 0 aliphatic rings. The lowest BCUT2D eigenvalue weighted by molar-refractivity contribution is 0.691. The number of aryl methyl sites for hydroxylation is 1. The third-order valence-corrected chi connectivity index (χ3v) is 2.63. The molecule has 16 heavy (non-hydrogen) atoms. The van der Waals surface area contributed by atoms with Gasteiger partial charge in [-0.1, -0.05) is 13.3 Å². The Morgan fingerprint density at radius 2 is 2.12 bits per heavy atom. The Labute approximate surface area is 103 Å². The first-order chi connectivity index (χ1) is 7.69. The van der Waals surface area contributed by atoms with Crippen molar-refractivity contribution >= 4 is 17.4 Å². The minimum atomic E-state index is 0.406. The lowest BCUT2D eigenvalue weighted by Crippen LogP contribution is -2.33. The molecular formula is C12H20ClN3. The van der Waals surface area contributed by atoms with E-state index in [2.05, 4.69) is 41.7 Å². The molecule has 0 saturated heterocycles. The molecule has 0 radical (unpaired) electrons. The average Bonchev–Trinajstić information content (AvgIpc) is 2.26. The number of alkyl halides is 1. The zero-order valence-corrected chi connectivity index (χ0v) is 11.0. The third-order valence-electron chi connectivity index (χ3n) is 2.46. The number of halogens is 1. The molecule has 0 spiro atoms. The number of anilines is 1. The van der Waals surface area contributed by atoms with Crippen molar-refractivity contribution in [2.45, 2.75) is 39.7 Å². The summed E-state index contributed by atoms with van der Waals surface area (Å²) >= 11 is 5.81. The molecule has 1 rings (SSSR count). The van der Waals surface area contributed by atoms with Crippen LogP contribution in [0, 0.1) is 0 Å². The van der Waals surface area contributed by atoms with Crippen LogP contribution < -0.4 is 4.90 Å². The van der Waals surface area contributed by atoms with E-state index in [1.165, 1.54) is 0 Å². The molecule has 0 amide bonds. The molecular weight excluding hydrogens is 222 g/mol. The smallest absolute Gasteiger partial charge is 0.132 e. The van der Waals surface area contributed by atoms with E-state index in [4.69, 9.17) is 11.6 Å². The zero-order chi connectivity index (χ0) is 12.0. The van der Waals surface area contributed by atoms with E-state index in [9.17, 15) is 0 Å². The van der Waals surface area contributed by atoms with E-state index >= 15 is 0 Å². The maximum atomic E-state index is 5.81. The van der Waals surface area contributed by atoms with E-state index in [1.807, 2.05) is 0 Å². The van der Waals surface area contributed by atoms with Gasteiger partial charge in [-0.25, -0.2) is 9.97 Å². The van der Waals surface area contributed by atoms with Crippen LogP contribution >= 0.6 is 11.6 Å². The Hall–Kier alpha value is -0.830. The summed E-state index contributed by atoms with van der Waals surface area (Å²) in [5, 5.41) is 0. The molecule has 0 unspecified atom stereocenters. The van der Waals surface area contributed by atoms with Crippen LogP contribution in [-0.4, -0.2) is 28.4 Å².